The van der Waals surface area contributed by atoms with Crippen molar-refractivity contribution >= 4 is 28.3 Å². The van der Waals surface area contributed by atoms with Gasteiger partial charge >= 0.3 is 12.3 Å². The molecule has 0 aromatic heterocycles. The number of aryl methyl sites for hydroxylation is 1. The van der Waals surface area contributed by atoms with E-state index in [9.17, 15) is 31.9 Å². The lowest BCUT2D eigenvalue weighted by molar-refractivity contribution is -0.274. The smallest absolute Gasteiger partial charge is 0.465 e. The summed E-state index contributed by atoms with van der Waals surface area (Å²) >= 11 is 0. The number of alkyl halides is 3. The molecule has 36 heavy (non-hydrogen) atoms. The van der Waals surface area contributed by atoms with E-state index in [-0.39, 0.29) is 35.2 Å². The number of methoxy groups -OCH3 is 1. The average molecular weight is 529 g/mol. The summed E-state index contributed by atoms with van der Waals surface area (Å²) in [5.41, 5.74) is 0.392. The quantitative estimate of drug-likeness (QED) is 0.513. The minimum Gasteiger partial charge on any atom is -0.465 e. The summed E-state index contributed by atoms with van der Waals surface area (Å²) < 4.78 is 69.9. The van der Waals surface area contributed by atoms with Gasteiger partial charge in [-0.15, -0.1) is 23.9 Å². The number of carbonyl (C=O) groups excluding carboxylic acids is 2. The van der Waals surface area contributed by atoms with Crippen LogP contribution in [0.15, 0.2) is 47.4 Å². The van der Waals surface area contributed by atoms with Gasteiger partial charge in [-0.3, -0.25) is 13.9 Å². The molecule has 2 aromatic rings. The lowest BCUT2D eigenvalue weighted by Crippen LogP contribution is -2.45. The van der Waals surface area contributed by atoms with Crippen LogP contribution in [0.1, 0.15) is 35.2 Å². The Hall–Kier alpha value is -2.80. The summed E-state index contributed by atoms with van der Waals surface area (Å²) in [6.07, 6.45) is -3.52. The van der Waals surface area contributed by atoms with E-state index in [2.05, 4.69) is 4.74 Å². The van der Waals surface area contributed by atoms with Gasteiger partial charge in [-0.25, -0.2) is 9.10 Å². The molecule has 1 spiro atoms. The summed E-state index contributed by atoms with van der Waals surface area (Å²) in [5, 5.41) is 0. The molecule has 2 N–H and O–H groups in total. The van der Waals surface area contributed by atoms with E-state index in [0.29, 0.717) is 37.1 Å². The number of halogens is 3. The van der Waals surface area contributed by atoms with Crippen LogP contribution in [0.2, 0.25) is 0 Å². The molecule has 1 amide bonds. The number of anilines is 1. The maximum atomic E-state index is 13.4. The zero-order valence-electron chi connectivity index (χ0n) is 19.7. The highest BCUT2D eigenvalue weighted by atomic mass is 32.3. The fraction of sp³-hybridized carbons (Fsp3) is 0.417. The van der Waals surface area contributed by atoms with Crippen LogP contribution in [0, 0.1) is 12.3 Å². The summed E-state index contributed by atoms with van der Waals surface area (Å²) in [6, 6.07) is 9.97. The van der Waals surface area contributed by atoms with Gasteiger partial charge in [-0.1, -0.05) is 12.1 Å². The average Bonchev–Trinajstić information content (AvgIpc) is 3.13. The lowest BCUT2D eigenvalue weighted by atomic mass is 9.77. The minimum absolute atomic E-state index is 0.0823. The highest BCUT2D eigenvalue weighted by molar-refractivity contribution is 8.22. The predicted molar refractivity (Wildman–Crippen MR) is 127 cm³/mol. The van der Waals surface area contributed by atoms with Crippen LogP contribution in [0.25, 0.3) is 0 Å². The molecule has 2 aromatic carbocycles. The first-order chi connectivity index (χ1) is 16.9. The Kier molecular flexibility index (Phi) is 6.99. The number of hydrogen-bond donors (Lipinski definition) is 2. The van der Waals surface area contributed by atoms with Gasteiger partial charge in [-0.2, -0.15) is 0 Å². The van der Waals surface area contributed by atoms with Crippen molar-refractivity contribution in [2.24, 2.45) is 5.41 Å². The maximum absolute atomic E-state index is 13.4. The standard InChI is InChI=1S/C24H27F3N2O6S/c1-16-4-3-5-19(21(30)34-2)20(16)36(32,33)28-13-10-23(11-14-28)12-15-29(22(23)31)17-6-8-18(9-7-17)35-24(25,26)27/h3-9,32-33H,10-15H2,1-2H3. The van der Waals surface area contributed by atoms with Crippen molar-refractivity contribution in [1.29, 1.82) is 0 Å². The fourth-order valence-corrected chi connectivity index (χ4v) is 6.84. The number of rotatable bonds is 5. The number of piperidine rings is 1. The van der Waals surface area contributed by atoms with Crippen LogP contribution in [0.5, 0.6) is 5.75 Å². The second-order valence-corrected chi connectivity index (χ2v) is 10.9. The second kappa shape index (κ2) is 9.58. The van der Waals surface area contributed by atoms with Crippen molar-refractivity contribution in [3.63, 3.8) is 0 Å². The van der Waals surface area contributed by atoms with Crippen molar-refractivity contribution in [2.75, 3.05) is 31.6 Å². The molecule has 2 saturated heterocycles. The molecule has 2 fully saturated rings. The van der Waals surface area contributed by atoms with Crippen LogP contribution in [-0.4, -0.2) is 58.4 Å². The summed E-state index contributed by atoms with van der Waals surface area (Å²) in [6.45, 7) is 2.52. The van der Waals surface area contributed by atoms with Crippen molar-refractivity contribution in [2.45, 2.75) is 37.4 Å². The third-order valence-corrected chi connectivity index (χ3v) is 9.00. The van der Waals surface area contributed by atoms with Gasteiger partial charge in [-0.05, 0) is 62.1 Å². The minimum atomic E-state index is -4.80. The van der Waals surface area contributed by atoms with Crippen molar-refractivity contribution in [3.05, 3.63) is 53.6 Å². The van der Waals surface area contributed by atoms with Crippen LogP contribution in [0.3, 0.4) is 0 Å². The molecule has 0 unspecified atom stereocenters. The van der Waals surface area contributed by atoms with Crippen molar-refractivity contribution in [1.82, 2.24) is 4.31 Å². The summed E-state index contributed by atoms with van der Waals surface area (Å²) in [5.74, 6) is -1.18. The number of hydrogen-bond acceptors (Lipinski definition) is 7. The molecule has 0 bridgehead atoms. The zero-order valence-corrected chi connectivity index (χ0v) is 20.6. The van der Waals surface area contributed by atoms with Gasteiger partial charge in [0.2, 0.25) is 5.91 Å². The number of benzene rings is 2. The molecular formula is C24H27F3N2O6S. The Morgan fingerprint density at radius 3 is 2.22 bits per heavy atom. The summed E-state index contributed by atoms with van der Waals surface area (Å²) in [4.78, 5) is 27.3. The molecule has 4 rings (SSSR count). The normalized spacial score (nSPS) is 19.0. The number of ether oxygens (including phenoxy) is 2. The Morgan fingerprint density at radius 1 is 1.03 bits per heavy atom. The fourth-order valence-electron chi connectivity index (χ4n) is 4.94. The largest absolute Gasteiger partial charge is 0.573 e. The molecule has 12 heteroatoms. The third kappa shape index (κ3) is 4.90. The molecule has 0 atom stereocenters. The third-order valence-electron chi connectivity index (χ3n) is 6.83. The molecule has 0 aliphatic carbocycles. The monoisotopic (exact) mass is 528 g/mol. The van der Waals surface area contributed by atoms with E-state index in [0.717, 1.165) is 0 Å². The molecule has 0 saturated carbocycles. The Bertz CT molecular complexity index is 1150. The molecule has 2 heterocycles. The Balaban J connectivity index is 1.48. The van der Waals surface area contributed by atoms with Crippen LogP contribution < -0.4 is 9.64 Å². The SMILES string of the molecule is COC(=O)c1cccc(C)c1S(O)(O)N1CCC2(CCN(c3ccc(OC(F)(F)F)cc3)C2=O)CC1. The highest BCUT2D eigenvalue weighted by Gasteiger charge is 2.50. The van der Waals surface area contributed by atoms with Gasteiger partial charge < -0.3 is 14.4 Å². The van der Waals surface area contributed by atoms with Gasteiger partial charge in [0, 0.05) is 25.3 Å². The molecule has 2 aliphatic heterocycles. The van der Waals surface area contributed by atoms with Gasteiger partial charge in [0.25, 0.3) is 0 Å². The Labute approximate surface area is 208 Å². The number of esters is 1. The first-order valence-corrected chi connectivity index (χ1v) is 12.8. The van der Waals surface area contributed by atoms with E-state index in [1.165, 1.54) is 41.7 Å². The summed E-state index contributed by atoms with van der Waals surface area (Å²) in [7, 11) is -2.30. The zero-order chi connectivity index (χ0) is 26.3. The topological polar surface area (TPSA) is 99.5 Å². The molecule has 196 valence electrons. The first kappa shape index (κ1) is 26.3. The van der Waals surface area contributed by atoms with Crippen molar-refractivity contribution < 1.29 is 41.3 Å². The predicted octanol–water partition coefficient (Wildman–Crippen LogP) is 5.22. The van der Waals surface area contributed by atoms with Crippen LogP contribution in [0.4, 0.5) is 18.9 Å². The van der Waals surface area contributed by atoms with E-state index < -0.39 is 28.5 Å². The van der Waals surface area contributed by atoms with Crippen LogP contribution >= 0.6 is 10.8 Å². The van der Waals surface area contributed by atoms with E-state index in [4.69, 9.17) is 4.74 Å². The van der Waals surface area contributed by atoms with E-state index in [1.807, 2.05) is 0 Å². The van der Waals surface area contributed by atoms with Gasteiger partial charge in [0.1, 0.15) is 5.75 Å². The number of carbonyl (C=O) groups is 2. The van der Waals surface area contributed by atoms with E-state index in [1.54, 1.807) is 24.0 Å². The van der Waals surface area contributed by atoms with Gasteiger partial charge in [0.05, 0.1) is 23.0 Å². The molecular weight excluding hydrogens is 501 g/mol. The molecule has 8 nitrogen and oxygen atoms in total. The first-order valence-electron chi connectivity index (χ1n) is 11.3. The van der Waals surface area contributed by atoms with E-state index >= 15 is 0 Å². The Morgan fingerprint density at radius 2 is 1.64 bits per heavy atom. The van der Waals surface area contributed by atoms with Crippen molar-refractivity contribution in [3.8, 4) is 5.75 Å². The number of nitrogens with zero attached hydrogens (tertiary/aromatic N) is 2. The highest BCUT2D eigenvalue weighted by Crippen LogP contribution is 2.57. The van der Waals surface area contributed by atoms with Crippen LogP contribution in [-0.2, 0) is 9.53 Å². The maximum Gasteiger partial charge on any atom is 0.573 e. The molecule has 2 aliphatic rings. The second-order valence-electron chi connectivity index (χ2n) is 8.92. The lowest BCUT2D eigenvalue weighted by Gasteiger charge is -2.48. The number of amides is 1. The van der Waals surface area contributed by atoms with Gasteiger partial charge in [0.15, 0.2) is 0 Å². The molecule has 0 radical (unpaired) electrons.